The Kier molecular flexibility index (Phi) is 4.44. The predicted octanol–water partition coefficient (Wildman–Crippen LogP) is 1.53. The molecule has 8 heteroatoms. The molecule has 0 radical (unpaired) electrons. The Labute approximate surface area is 109 Å². The molecule has 1 N–H and O–H groups in total. The highest BCUT2D eigenvalue weighted by Gasteiger charge is 2.49. The summed E-state index contributed by atoms with van der Waals surface area (Å²) in [6.07, 6.45) is -4.41. The van der Waals surface area contributed by atoms with Crippen molar-refractivity contribution in [1.82, 2.24) is 10.2 Å². The lowest BCUT2D eigenvalue weighted by Crippen LogP contribution is -2.48. The summed E-state index contributed by atoms with van der Waals surface area (Å²) >= 11 is 0. The van der Waals surface area contributed by atoms with E-state index in [1.165, 1.54) is 0 Å². The van der Waals surface area contributed by atoms with Crippen LogP contribution in [0.25, 0.3) is 0 Å². The van der Waals surface area contributed by atoms with E-state index in [0.29, 0.717) is 0 Å². The van der Waals surface area contributed by atoms with Crippen LogP contribution >= 0.6 is 0 Å². The molecule has 0 saturated carbocycles. The van der Waals surface area contributed by atoms with E-state index in [2.05, 4.69) is 10.1 Å². The largest absolute Gasteiger partial charge is 0.411 e. The standard InChI is InChI=1S/C11H17F3N2O3/c1-7(2)10(3)8(17)16(9(18)15-10)4-5-19-6-11(12,13)14/h7H,4-6H2,1-3H3,(H,15,18). The van der Waals surface area contributed by atoms with E-state index in [9.17, 15) is 22.8 Å². The zero-order valence-corrected chi connectivity index (χ0v) is 11.0. The fourth-order valence-electron chi connectivity index (χ4n) is 1.65. The molecule has 1 aliphatic heterocycles. The SMILES string of the molecule is CC(C)C1(C)NC(=O)N(CCOCC(F)(F)F)C1=O. The number of nitrogens with one attached hydrogen (secondary N) is 1. The van der Waals surface area contributed by atoms with Gasteiger partial charge in [0.25, 0.3) is 5.91 Å². The zero-order chi connectivity index (χ0) is 14.8. The Morgan fingerprint density at radius 1 is 1.37 bits per heavy atom. The molecule has 1 saturated heterocycles. The number of hydrogen-bond donors (Lipinski definition) is 1. The summed E-state index contributed by atoms with van der Waals surface area (Å²) in [5.41, 5.74) is -1.01. The van der Waals surface area contributed by atoms with E-state index in [-0.39, 0.29) is 19.1 Å². The van der Waals surface area contributed by atoms with Gasteiger partial charge in [-0.1, -0.05) is 13.8 Å². The Hall–Kier alpha value is -1.31. The number of nitrogens with zero attached hydrogens (tertiary/aromatic N) is 1. The van der Waals surface area contributed by atoms with Gasteiger partial charge in [0.2, 0.25) is 0 Å². The molecule has 0 spiro atoms. The molecule has 5 nitrogen and oxygen atoms in total. The summed E-state index contributed by atoms with van der Waals surface area (Å²) in [7, 11) is 0. The van der Waals surface area contributed by atoms with E-state index >= 15 is 0 Å². The van der Waals surface area contributed by atoms with Crippen molar-refractivity contribution in [3.05, 3.63) is 0 Å². The lowest BCUT2D eigenvalue weighted by molar-refractivity contribution is -0.174. The van der Waals surface area contributed by atoms with Crippen LogP contribution in [-0.4, -0.2) is 48.3 Å². The first-order valence-corrected chi connectivity index (χ1v) is 5.86. The average Bonchev–Trinajstić information content (AvgIpc) is 2.46. The van der Waals surface area contributed by atoms with Gasteiger partial charge in [0.1, 0.15) is 12.1 Å². The van der Waals surface area contributed by atoms with Crippen molar-refractivity contribution in [2.24, 2.45) is 5.92 Å². The van der Waals surface area contributed by atoms with E-state index < -0.39 is 30.3 Å². The quantitative estimate of drug-likeness (QED) is 0.614. The van der Waals surface area contributed by atoms with Crippen LogP contribution in [0, 0.1) is 5.92 Å². The van der Waals surface area contributed by atoms with Gasteiger partial charge in [0.15, 0.2) is 0 Å². The van der Waals surface area contributed by atoms with Gasteiger partial charge in [-0.2, -0.15) is 13.2 Å². The van der Waals surface area contributed by atoms with Crippen molar-refractivity contribution >= 4 is 11.9 Å². The van der Waals surface area contributed by atoms with Crippen LogP contribution in [-0.2, 0) is 9.53 Å². The maximum absolute atomic E-state index is 12.0. The number of halogens is 3. The first kappa shape index (κ1) is 15.7. The lowest BCUT2D eigenvalue weighted by Gasteiger charge is -2.25. The maximum Gasteiger partial charge on any atom is 0.411 e. The molecule has 0 aromatic rings. The molecule has 1 atom stereocenters. The molecular formula is C11H17F3N2O3. The van der Waals surface area contributed by atoms with Gasteiger partial charge in [0, 0.05) is 0 Å². The van der Waals surface area contributed by atoms with E-state index in [1.54, 1.807) is 20.8 Å². The number of alkyl halides is 3. The van der Waals surface area contributed by atoms with Gasteiger partial charge in [0.05, 0.1) is 13.2 Å². The molecule has 1 heterocycles. The third-order valence-corrected chi connectivity index (χ3v) is 3.18. The highest BCUT2D eigenvalue weighted by Crippen LogP contribution is 2.25. The number of rotatable bonds is 5. The molecule has 0 bridgehead atoms. The highest BCUT2D eigenvalue weighted by molar-refractivity contribution is 6.06. The molecular weight excluding hydrogens is 265 g/mol. The van der Waals surface area contributed by atoms with Crippen molar-refractivity contribution in [2.45, 2.75) is 32.5 Å². The Bertz CT molecular complexity index is 371. The van der Waals surface area contributed by atoms with E-state index in [4.69, 9.17) is 0 Å². The van der Waals surface area contributed by atoms with E-state index in [1.807, 2.05) is 0 Å². The van der Waals surface area contributed by atoms with Crippen LogP contribution < -0.4 is 5.32 Å². The molecule has 0 aromatic heterocycles. The summed E-state index contributed by atoms with van der Waals surface area (Å²) in [6, 6.07) is -0.600. The molecule has 1 unspecified atom stereocenters. The van der Waals surface area contributed by atoms with Crippen LogP contribution in [0.3, 0.4) is 0 Å². The van der Waals surface area contributed by atoms with Gasteiger partial charge in [-0.3, -0.25) is 9.69 Å². The number of imide groups is 1. The normalized spacial score (nSPS) is 24.3. The zero-order valence-electron chi connectivity index (χ0n) is 11.0. The number of carbonyl (C=O) groups excluding carboxylic acids is 2. The van der Waals surface area contributed by atoms with Crippen LogP contribution in [0.5, 0.6) is 0 Å². The minimum absolute atomic E-state index is 0.120. The number of carbonyl (C=O) groups is 2. The summed E-state index contributed by atoms with van der Waals surface area (Å²) in [6.45, 7) is 3.23. The first-order valence-electron chi connectivity index (χ1n) is 5.86. The van der Waals surface area contributed by atoms with Gasteiger partial charge >= 0.3 is 12.2 Å². The summed E-state index contributed by atoms with van der Waals surface area (Å²) in [5, 5.41) is 2.55. The van der Waals surface area contributed by atoms with Crippen LogP contribution in [0.2, 0.25) is 0 Å². The van der Waals surface area contributed by atoms with Crippen molar-refractivity contribution in [2.75, 3.05) is 19.8 Å². The Morgan fingerprint density at radius 3 is 2.37 bits per heavy atom. The fraction of sp³-hybridized carbons (Fsp3) is 0.818. The molecule has 3 amide bonds. The molecule has 1 fully saturated rings. The second-order valence-corrected chi connectivity index (χ2v) is 4.91. The van der Waals surface area contributed by atoms with E-state index in [0.717, 1.165) is 4.90 Å². The van der Waals surface area contributed by atoms with Crippen molar-refractivity contribution < 1.29 is 27.5 Å². The number of amides is 3. The third kappa shape index (κ3) is 3.59. The number of hydrogen-bond acceptors (Lipinski definition) is 3. The van der Waals surface area contributed by atoms with Gasteiger partial charge < -0.3 is 10.1 Å². The fourth-order valence-corrected chi connectivity index (χ4v) is 1.65. The van der Waals surface area contributed by atoms with Crippen molar-refractivity contribution in [1.29, 1.82) is 0 Å². The molecule has 1 aliphatic rings. The van der Waals surface area contributed by atoms with Gasteiger partial charge in [-0.25, -0.2) is 4.79 Å². The molecule has 19 heavy (non-hydrogen) atoms. The lowest BCUT2D eigenvalue weighted by atomic mass is 9.88. The molecule has 110 valence electrons. The Balaban J connectivity index is 2.52. The second kappa shape index (κ2) is 5.36. The smallest absolute Gasteiger partial charge is 0.370 e. The summed E-state index contributed by atoms with van der Waals surface area (Å²) in [5.74, 6) is -0.562. The van der Waals surface area contributed by atoms with Gasteiger partial charge in [-0.05, 0) is 12.8 Å². The molecule has 0 aromatic carbocycles. The van der Waals surface area contributed by atoms with Crippen LogP contribution in [0.1, 0.15) is 20.8 Å². The summed E-state index contributed by atoms with van der Waals surface area (Å²) < 4.78 is 39.9. The first-order chi connectivity index (χ1) is 8.58. The van der Waals surface area contributed by atoms with Crippen LogP contribution in [0.4, 0.5) is 18.0 Å². The number of urea groups is 1. The number of ether oxygens (including phenoxy) is 1. The Morgan fingerprint density at radius 2 is 1.95 bits per heavy atom. The van der Waals surface area contributed by atoms with Crippen LogP contribution in [0.15, 0.2) is 0 Å². The minimum atomic E-state index is -4.41. The van der Waals surface area contributed by atoms with Crippen molar-refractivity contribution in [3.8, 4) is 0 Å². The predicted molar refractivity (Wildman–Crippen MR) is 60.4 cm³/mol. The minimum Gasteiger partial charge on any atom is -0.370 e. The molecule has 1 rings (SSSR count). The topological polar surface area (TPSA) is 58.6 Å². The maximum atomic E-state index is 12.0. The summed E-state index contributed by atoms with van der Waals surface area (Å²) in [4.78, 5) is 24.5. The molecule has 0 aliphatic carbocycles. The van der Waals surface area contributed by atoms with Crippen molar-refractivity contribution in [3.63, 3.8) is 0 Å². The monoisotopic (exact) mass is 282 g/mol. The second-order valence-electron chi connectivity index (χ2n) is 4.91. The average molecular weight is 282 g/mol. The third-order valence-electron chi connectivity index (χ3n) is 3.18. The highest BCUT2D eigenvalue weighted by atomic mass is 19.4. The van der Waals surface area contributed by atoms with Gasteiger partial charge in [-0.15, -0.1) is 0 Å².